The molecule has 0 bridgehead atoms. The van der Waals surface area contributed by atoms with Gasteiger partial charge in [0, 0.05) is 5.56 Å². The van der Waals surface area contributed by atoms with E-state index in [0.29, 0.717) is 27.6 Å². The molecule has 20 heteroatoms. The van der Waals surface area contributed by atoms with E-state index in [-0.39, 0.29) is 32.0 Å². The minimum absolute atomic E-state index is 0.119. The van der Waals surface area contributed by atoms with E-state index in [1.807, 2.05) is 12.1 Å². The lowest BCUT2D eigenvalue weighted by atomic mass is 10.0. The summed E-state index contributed by atoms with van der Waals surface area (Å²) < 4.78 is 21.6. The average Bonchev–Trinajstić information content (AvgIpc) is 3.47. The lowest BCUT2D eigenvalue weighted by molar-refractivity contribution is -0.155. The van der Waals surface area contributed by atoms with Gasteiger partial charge in [-0.05, 0) is 59.9 Å². The smallest absolute Gasteiger partial charge is 0.329 e. The minimum atomic E-state index is -1.79. The summed E-state index contributed by atoms with van der Waals surface area (Å²) in [6, 6.07) is 37.7. The maximum Gasteiger partial charge on any atom is 0.329 e. The van der Waals surface area contributed by atoms with Crippen LogP contribution in [0.4, 0.5) is 0 Å². The van der Waals surface area contributed by atoms with Gasteiger partial charge in [-0.25, -0.2) is 9.59 Å². The first-order valence-corrected chi connectivity index (χ1v) is 25.6. The van der Waals surface area contributed by atoms with Crippen LogP contribution < -0.4 is 31.9 Å². The Morgan fingerprint density at radius 1 is 0.350 bits per heavy atom. The van der Waals surface area contributed by atoms with Gasteiger partial charge >= 0.3 is 23.9 Å². The molecular formula is C60H62N6O14. The van der Waals surface area contributed by atoms with Crippen LogP contribution in [-0.2, 0) is 88.5 Å². The average molecular weight is 1090 g/mol. The predicted molar refractivity (Wildman–Crippen MR) is 291 cm³/mol. The summed E-state index contributed by atoms with van der Waals surface area (Å²) in [6.07, 6.45) is -2.16. The first kappa shape index (κ1) is 59.5. The van der Waals surface area contributed by atoms with Crippen LogP contribution in [0.3, 0.4) is 0 Å². The molecule has 6 aromatic rings. The van der Waals surface area contributed by atoms with Crippen LogP contribution in [0.25, 0.3) is 10.8 Å². The number of hydrogen-bond donors (Lipinski definition) is 6. The molecule has 416 valence electrons. The number of hydrogen-bond acceptors (Lipinski definition) is 14. The second-order valence-corrected chi connectivity index (χ2v) is 18.5. The van der Waals surface area contributed by atoms with Gasteiger partial charge in [0.25, 0.3) is 5.91 Å². The van der Waals surface area contributed by atoms with E-state index in [9.17, 15) is 47.9 Å². The summed E-state index contributed by atoms with van der Waals surface area (Å²) in [5.74, 6) is -9.23. The van der Waals surface area contributed by atoms with Crippen molar-refractivity contribution < 1.29 is 66.9 Å². The van der Waals surface area contributed by atoms with Crippen molar-refractivity contribution >= 4 is 70.1 Å². The van der Waals surface area contributed by atoms with Crippen LogP contribution in [-0.4, -0.2) is 95.6 Å². The molecule has 0 saturated carbocycles. The molecular weight excluding hydrogens is 1030 g/mol. The van der Waals surface area contributed by atoms with E-state index < -0.39 is 115 Å². The third kappa shape index (κ3) is 19.1. The second kappa shape index (κ2) is 30.3. The lowest BCUT2D eigenvalue weighted by Gasteiger charge is -2.25. The number of carbonyl (C=O) groups is 10. The minimum Gasteiger partial charge on any atom is -0.461 e. The van der Waals surface area contributed by atoms with Crippen molar-refractivity contribution in [2.45, 2.75) is 103 Å². The molecule has 80 heavy (non-hydrogen) atoms. The highest BCUT2D eigenvalue weighted by Gasteiger charge is 2.34. The van der Waals surface area contributed by atoms with E-state index in [1.165, 1.54) is 20.8 Å². The maximum absolute atomic E-state index is 14.2. The van der Waals surface area contributed by atoms with Gasteiger partial charge in [0.2, 0.25) is 29.5 Å². The number of fused-ring (bicyclic) bond motifs is 1. The molecule has 0 heterocycles. The van der Waals surface area contributed by atoms with E-state index in [0.717, 1.165) is 5.39 Å². The van der Waals surface area contributed by atoms with Crippen molar-refractivity contribution in [2.75, 3.05) is 0 Å². The van der Waals surface area contributed by atoms with Crippen LogP contribution in [0.15, 0.2) is 164 Å². The zero-order chi connectivity index (χ0) is 57.4. The molecule has 6 atom stereocenters. The first-order chi connectivity index (χ1) is 38.5. The highest BCUT2D eigenvalue weighted by Crippen LogP contribution is 2.19. The third-order valence-corrected chi connectivity index (χ3v) is 12.2. The number of rotatable bonds is 27. The molecule has 0 aliphatic rings. The normalized spacial score (nSPS) is 13.0. The molecule has 0 saturated heterocycles. The van der Waals surface area contributed by atoms with Crippen LogP contribution in [0.5, 0.6) is 0 Å². The van der Waals surface area contributed by atoms with Gasteiger partial charge < -0.3 is 50.8 Å². The Hall–Kier alpha value is -9.72. The van der Waals surface area contributed by atoms with Crippen molar-refractivity contribution in [3.63, 3.8) is 0 Å². The number of carbonyl (C=O) groups excluding carboxylic acids is 10. The molecule has 0 radical (unpaired) electrons. The van der Waals surface area contributed by atoms with Gasteiger partial charge in [0.1, 0.15) is 62.7 Å². The summed E-state index contributed by atoms with van der Waals surface area (Å²) in [6.45, 7) is 3.21. The van der Waals surface area contributed by atoms with Crippen LogP contribution in [0.1, 0.15) is 72.6 Å². The molecule has 0 aliphatic carbocycles. The fraction of sp³-hybridized carbons (Fsp3) is 0.267. The quantitative estimate of drug-likeness (QED) is 0.0305. The van der Waals surface area contributed by atoms with Crippen molar-refractivity contribution in [3.8, 4) is 0 Å². The Morgan fingerprint density at radius 2 is 0.713 bits per heavy atom. The van der Waals surface area contributed by atoms with Crippen LogP contribution in [0, 0.1) is 0 Å². The summed E-state index contributed by atoms with van der Waals surface area (Å²) in [4.78, 5) is 136. The molecule has 6 amide bonds. The van der Waals surface area contributed by atoms with Gasteiger partial charge in [-0.15, -0.1) is 0 Å². The van der Waals surface area contributed by atoms with Gasteiger partial charge in [-0.3, -0.25) is 38.4 Å². The molecule has 0 aromatic heterocycles. The zero-order valence-corrected chi connectivity index (χ0v) is 44.2. The standard InChI is InChI=1S/C60H62N6O14/c1-38(54(70)65-49(59(75)79-36-43-23-12-6-13-24-43)32-52(68)77-34-41-19-8-4-9-20-41)61-51(67)31-48(64-55(71)39(2)62-57(73)47-30-18-28-45-27-16-17-29-46(45)47)58(74)63-40(3)56(72)66-50(60(76)80-37-44-25-14-7-15-26-44)33-53(69)78-35-42-21-10-5-11-22-42/h4-30,38-40,48-50H,31-37H2,1-3H3,(H,61,67)(H,62,73)(H,63,74)(H,64,71)(H,65,70)(H,66,72). The molecule has 6 N–H and O–H groups in total. The summed E-state index contributed by atoms with van der Waals surface area (Å²) >= 11 is 0. The lowest BCUT2D eigenvalue weighted by Crippen LogP contribution is -2.58. The van der Waals surface area contributed by atoms with Crippen molar-refractivity contribution in [3.05, 3.63) is 192 Å². The van der Waals surface area contributed by atoms with E-state index in [2.05, 4.69) is 31.9 Å². The van der Waals surface area contributed by atoms with Crippen molar-refractivity contribution in [1.29, 1.82) is 0 Å². The summed E-state index contributed by atoms with van der Waals surface area (Å²) in [7, 11) is 0. The fourth-order valence-electron chi connectivity index (χ4n) is 7.77. The third-order valence-electron chi connectivity index (χ3n) is 12.2. The van der Waals surface area contributed by atoms with Gasteiger partial charge in [0.15, 0.2) is 0 Å². The number of nitrogens with one attached hydrogen (secondary N) is 6. The fourth-order valence-corrected chi connectivity index (χ4v) is 7.77. The topological polar surface area (TPSA) is 280 Å². The Bertz CT molecular complexity index is 3100. The SMILES string of the molecule is CC(NC(=O)CC(NC(=O)C(C)NC(=O)c1cccc2ccccc12)C(=O)NC(C)C(=O)NC(CC(=O)OCc1ccccc1)C(=O)OCc1ccccc1)C(=O)NC(CC(=O)OCc1ccccc1)C(=O)OCc1ccccc1. The number of esters is 4. The molecule has 6 unspecified atom stereocenters. The number of benzene rings is 6. The predicted octanol–water partition coefficient (Wildman–Crippen LogP) is 4.57. The Labute approximate surface area is 461 Å². The van der Waals surface area contributed by atoms with Crippen LogP contribution >= 0.6 is 0 Å². The molecule has 0 aliphatic heterocycles. The Morgan fingerprint density at radius 3 is 1.16 bits per heavy atom. The van der Waals surface area contributed by atoms with Gasteiger partial charge in [-0.2, -0.15) is 0 Å². The zero-order valence-electron chi connectivity index (χ0n) is 44.2. The van der Waals surface area contributed by atoms with Crippen molar-refractivity contribution in [2.24, 2.45) is 0 Å². The molecule has 6 rings (SSSR count). The van der Waals surface area contributed by atoms with E-state index >= 15 is 0 Å². The Balaban J connectivity index is 1.14. The summed E-state index contributed by atoms with van der Waals surface area (Å²) in [5.41, 5.74) is 2.84. The first-order valence-electron chi connectivity index (χ1n) is 25.6. The highest BCUT2D eigenvalue weighted by molar-refractivity contribution is 6.08. The number of amides is 6. The number of ether oxygens (including phenoxy) is 4. The van der Waals surface area contributed by atoms with Crippen molar-refractivity contribution in [1.82, 2.24) is 31.9 Å². The van der Waals surface area contributed by atoms with Gasteiger partial charge in [-0.1, -0.05) is 158 Å². The highest BCUT2D eigenvalue weighted by atomic mass is 16.5. The molecule has 6 aromatic carbocycles. The van der Waals surface area contributed by atoms with E-state index in [4.69, 9.17) is 18.9 Å². The largest absolute Gasteiger partial charge is 0.461 e. The summed E-state index contributed by atoms with van der Waals surface area (Å²) in [5, 5.41) is 16.1. The van der Waals surface area contributed by atoms with Gasteiger partial charge in [0.05, 0.1) is 19.3 Å². The Kier molecular flexibility index (Phi) is 22.5. The monoisotopic (exact) mass is 1090 g/mol. The molecule has 0 fully saturated rings. The second-order valence-electron chi connectivity index (χ2n) is 18.5. The maximum atomic E-state index is 14.2. The molecule has 20 nitrogen and oxygen atoms in total. The molecule has 0 spiro atoms. The van der Waals surface area contributed by atoms with E-state index in [1.54, 1.807) is 152 Å². The van der Waals surface area contributed by atoms with Crippen LogP contribution in [0.2, 0.25) is 0 Å².